The Labute approximate surface area is 203 Å². The van der Waals surface area contributed by atoms with Crippen LogP contribution in [0.1, 0.15) is 16.7 Å². The van der Waals surface area contributed by atoms with Gasteiger partial charge in [0.1, 0.15) is 28.8 Å². The third kappa shape index (κ3) is 3.91. The quantitative estimate of drug-likeness (QED) is 0.205. The summed E-state index contributed by atoms with van der Waals surface area (Å²) < 4.78 is 152. The predicted molar refractivity (Wildman–Crippen MR) is 99.5 cm³/mol. The highest BCUT2D eigenvalue weighted by atomic mass is 19.2. The van der Waals surface area contributed by atoms with Crippen molar-refractivity contribution in [1.82, 2.24) is 0 Å². The lowest BCUT2D eigenvalue weighted by molar-refractivity contribution is 0.304. The van der Waals surface area contributed by atoms with Crippen LogP contribution in [0.5, 0.6) is 23.0 Å². The minimum absolute atomic E-state index is 0.945. The van der Waals surface area contributed by atoms with Crippen molar-refractivity contribution in [2.75, 3.05) is 0 Å². The molecule has 0 fully saturated rings. The van der Waals surface area contributed by atoms with E-state index >= 15 is 0 Å². The van der Waals surface area contributed by atoms with E-state index in [1.54, 1.807) is 0 Å². The highest BCUT2D eigenvalue weighted by Crippen LogP contribution is 2.43. The lowest BCUT2D eigenvalue weighted by atomic mass is 10.1. The van der Waals surface area contributed by atoms with Crippen LogP contribution in [-0.2, 0) is 0 Å². The van der Waals surface area contributed by atoms with Gasteiger partial charge in [0, 0.05) is 0 Å². The molecule has 0 saturated heterocycles. The van der Waals surface area contributed by atoms with E-state index in [1.807, 2.05) is 0 Å². The van der Waals surface area contributed by atoms with E-state index in [4.69, 9.17) is 22.4 Å². The number of benzene rings is 3. The van der Waals surface area contributed by atoms with Gasteiger partial charge >= 0.3 is 0 Å². The molecule has 0 saturated carbocycles. The molecular formula is C22F10N4O2. The summed E-state index contributed by atoms with van der Waals surface area (Å²) in [5, 5.41) is 26.4. The van der Waals surface area contributed by atoms with Gasteiger partial charge in [0.15, 0.2) is 29.1 Å². The summed E-state index contributed by atoms with van der Waals surface area (Å²) >= 11 is 0. The van der Waals surface area contributed by atoms with Crippen LogP contribution in [0, 0.1) is 98.7 Å². The van der Waals surface area contributed by atoms with Gasteiger partial charge in [-0.1, -0.05) is 0 Å². The molecule has 0 spiro atoms. The van der Waals surface area contributed by atoms with Crippen LogP contribution in [0.3, 0.4) is 0 Å². The molecule has 0 unspecified atom stereocenters. The van der Waals surface area contributed by atoms with E-state index in [0.717, 1.165) is 18.2 Å². The van der Waals surface area contributed by atoms with Crippen LogP contribution in [-0.4, -0.2) is 0 Å². The highest BCUT2D eigenvalue weighted by molar-refractivity contribution is 5.63. The molecule has 3 aromatic rings. The van der Waals surface area contributed by atoms with Gasteiger partial charge in [-0.15, -0.1) is 0 Å². The van der Waals surface area contributed by atoms with Crippen molar-refractivity contribution in [2.24, 2.45) is 0 Å². The summed E-state index contributed by atoms with van der Waals surface area (Å²) in [6.45, 7) is 6.66. The second kappa shape index (κ2) is 9.88. The predicted octanol–water partition coefficient (Wildman–Crippen LogP) is 6.83. The molecule has 0 atom stereocenters. The second-order valence-corrected chi connectivity index (χ2v) is 6.58. The summed E-state index contributed by atoms with van der Waals surface area (Å²) in [5.41, 5.74) is -5.98. The molecule has 0 aliphatic carbocycles. The number of hydrogen-bond donors (Lipinski definition) is 0. The highest BCUT2D eigenvalue weighted by Gasteiger charge is 2.35. The van der Waals surface area contributed by atoms with Crippen LogP contribution in [0.25, 0.3) is 4.85 Å². The fraction of sp³-hybridized carbons (Fsp3) is 0. The van der Waals surface area contributed by atoms with Crippen LogP contribution < -0.4 is 9.47 Å². The third-order valence-electron chi connectivity index (χ3n) is 4.57. The molecule has 190 valence electrons. The first kappa shape index (κ1) is 27.1. The number of nitrogens with zero attached hydrogens (tertiary/aromatic N) is 4. The Balaban J connectivity index is 2.23. The fourth-order valence-corrected chi connectivity index (χ4v) is 2.84. The molecular weight excluding hydrogens is 542 g/mol. The molecule has 0 amide bonds. The SMILES string of the molecule is [C-]#[N+]c1c(F)c(F)c(Oc2c(F)c(F)c(Oc3c(F)c(F)c(C#N)c(C#N)c3F)c(F)c2F)c(F)c1C#N. The average molecular weight is 542 g/mol. The van der Waals surface area contributed by atoms with E-state index in [2.05, 4.69) is 14.3 Å². The zero-order valence-corrected chi connectivity index (χ0v) is 17.4. The van der Waals surface area contributed by atoms with Crippen molar-refractivity contribution in [2.45, 2.75) is 0 Å². The Morgan fingerprint density at radius 2 is 0.737 bits per heavy atom. The molecule has 0 bridgehead atoms. The first-order valence-corrected chi connectivity index (χ1v) is 9.07. The van der Waals surface area contributed by atoms with Gasteiger partial charge in [-0.2, -0.15) is 37.7 Å². The smallest absolute Gasteiger partial charge is 0.245 e. The van der Waals surface area contributed by atoms with Gasteiger partial charge in [0.05, 0.1) is 12.6 Å². The van der Waals surface area contributed by atoms with Gasteiger partial charge < -0.3 is 9.47 Å². The summed E-state index contributed by atoms with van der Waals surface area (Å²) in [6.07, 6.45) is 0. The van der Waals surface area contributed by atoms with Crippen molar-refractivity contribution >= 4 is 5.69 Å². The van der Waals surface area contributed by atoms with E-state index < -0.39 is 104 Å². The monoisotopic (exact) mass is 542 g/mol. The van der Waals surface area contributed by atoms with Crippen molar-refractivity contribution in [3.05, 3.63) is 86.3 Å². The number of halogens is 10. The first-order chi connectivity index (χ1) is 17.9. The minimum atomic E-state index is -2.69. The second-order valence-electron chi connectivity index (χ2n) is 6.58. The van der Waals surface area contributed by atoms with Gasteiger partial charge in [-0.3, -0.25) is 0 Å². The maximum Gasteiger partial charge on any atom is 0.245 e. The first-order valence-electron chi connectivity index (χ1n) is 9.07. The van der Waals surface area contributed by atoms with E-state index in [-0.39, 0.29) is 0 Å². The minimum Gasteiger partial charge on any atom is -0.445 e. The van der Waals surface area contributed by atoms with Gasteiger partial charge in [0.25, 0.3) is 0 Å². The van der Waals surface area contributed by atoms with Gasteiger partial charge in [-0.25, -0.2) is 26.8 Å². The Hall–Kier alpha value is -5.48. The fourth-order valence-electron chi connectivity index (χ4n) is 2.84. The van der Waals surface area contributed by atoms with Crippen LogP contribution >= 0.6 is 0 Å². The number of nitriles is 3. The molecule has 0 aromatic heterocycles. The molecule has 0 radical (unpaired) electrons. The molecule has 0 heterocycles. The molecule has 0 aliphatic heterocycles. The zero-order valence-electron chi connectivity index (χ0n) is 17.4. The molecule has 3 rings (SSSR count). The standard InChI is InChI=1S/C22F10N4O2/c1-36-18-7(4-35)10(25)20(13(28)11(18)26)38-22-16(31)14(29)21(15(30)17(22)32)37-19-9(24)6(3-34)5(2-33)8(23)12(19)27. The van der Waals surface area contributed by atoms with E-state index in [0.29, 0.717) is 0 Å². The maximum absolute atomic E-state index is 14.5. The molecule has 6 nitrogen and oxygen atoms in total. The normalized spacial score (nSPS) is 10.3. The number of rotatable bonds is 4. The topological polar surface area (TPSA) is 94.2 Å². The summed E-state index contributed by atoms with van der Waals surface area (Å²) in [5.74, 6) is -33.4. The Morgan fingerprint density at radius 3 is 1.11 bits per heavy atom. The summed E-state index contributed by atoms with van der Waals surface area (Å²) in [6, 6.07) is 2.85. The van der Waals surface area contributed by atoms with Crippen LogP contribution in [0.15, 0.2) is 0 Å². The Kier molecular flexibility index (Phi) is 7.05. The zero-order chi connectivity index (χ0) is 28.6. The van der Waals surface area contributed by atoms with E-state index in [9.17, 15) is 43.9 Å². The third-order valence-corrected chi connectivity index (χ3v) is 4.57. The number of hydrogen-bond acceptors (Lipinski definition) is 5. The lowest BCUT2D eigenvalue weighted by Crippen LogP contribution is -2.09. The summed E-state index contributed by atoms with van der Waals surface area (Å²) in [4.78, 5) is 2.38. The van der Waals surface area contributed by atoms with Crippen molar-refractivity contribution in [1.29, 1.82) is 15.8 Å². The maximum atomic E-state index is 14.5. The Bertz CT molecular complexity index is 1570. The van der Waals surface area contributed by atoms with Gasteiger partial charge in [-0.05, 0) is 0 Å². The molecule has 0 N–H and O–H groups in total. The van der Waals surface area contributed by atoms with E-state index in [1.165, 1.54) is 0 Å². The molecule has 38 heavy (non-hydrogen) atoms. The van der Waals surface area contributed by atoms with Crippen molar-refractivity contribution in [3.8, 4) is 41.2 Å². The Morgan fingerprint density at radius 1 is 0.447 bits per heavy atom. The molecule has 16 heteroatoms. The van der Waals surface area contributed by atoms with Gasteiger partial charge in [0.2, 0.25) is 57.8 Å². The van der Waals surface area contributed by atoms with Crippen molar-refractivity contribution < 1.29 is 53.4 Å². The molecule has 0 aliphatic rings. The lowest BCUT2D eigenvalue weighted by Gasteiger charge is -2.16. The summed E-state index contributed by atoms with van der Waals surface area (Å²) in [7, 11) is 0. The van der Waals surface area contributed by atoms with Crippen LogP contribution in [0.4, 0.5) is 49.6 Å². The van der Waals surface area contributed by atoms with Crippen LogP contribution in [0.2, 0.25) is 0 Å². The largest absolute Gasteiger partial charge is 0.445 e. The molecule has 3 aromatic carbocycles. The average Bonchev–Trinajstić information content (AvgIpc) is 2.90. The number of ether oxygens (including phenoxy) is 2. The van der Waals surface area contributed by atoms with Crippen molar-refractivity contribution in [3.63, 3.8) is 0 Å².